The molecule has 1 aliphatic carbocycles. The average Bonchev–Trinajstić information content (AvgIpc) is 2.48. The predicted octanol–water partition coefficient (Wildman–Crippen LogP) is 3.50. The molecule has 0 atom stereocenters. The third-order valence-electron chi connectivity index (χ3n) is 4.16. The molecule has 2 rings (SSSR count). The SMILES string of the molecule is CCC1CCC(Oc2cc(OC)ccc2CN)CC1. The Kier molecular flexibility index (Phi) is 5.08. The van der Waals surface area contributed by atoms with Gasteiger partial charge < -0.3 is 15.2 Å². The zero-order valence-corrected chi connectivity index (χ0v) is 12.0. The van der Waals surface area contributed by atoms with Gasteiger partial charge >= 0.3 is 0 Å². The first-order valence-corrected chi connectivity index (χ1v) is 7.30. The number of benzene rings is 1. The number of hydrogen-bond acceptors (Lipinski definition) is 3. The third-order valence-corrected chi connectivity index (χ3v) is 4.16. The Morgan fingerprint density at radius 1 is 1.21 bits per heavy atom. The van der Waals surface area contributed by atoms with E-state index in [1.54, 1.807) is 7.11 Å². The molecule has 1 aromatic rings. The molecule has 0 saturated heterocycles. The van der Waals surface area contributed by atoms with Crippen LogP contribution in [0.1, 0.15) is 44.6 Å². The van der Waals surface area contributed by atoms with Crippen LogP contribution in [0.2, 0.25) is 0 Å². The molecule has 0 aromatic heterocycles. The molecule has 19 heavy (non-hydrogen) atoms. The van der Waals surface area contributed by atoms with Crippen molar-refractivity contribution in [1.82, 2.24) is 0 Å². The number of ether oxygens (including phenoxy) is 2. The van der Waals surface area contributed by atoms with Gasteiger partial charge in [-0.15, -0.1) is 0 Å². The molecule has 0 aliphatic heterocycles. The normalized spacial score (nSPS) is 23.1. The molecule has 1 fully saturated rings. The fourth-order valence-corrected chi connectivity index (χ4v) is 2.78. The summed E-state index contributed by atoms with van der Waals surface area (Å²) in [6.45, 7) is 2.78. The lowest BCUT2D eigenvalue weighted by Crippen LogP contribution is -2.24. The summed E-state index contributed by atoms with van der Waals surface area (Å²) < 4.78 is 11.4. The van der Waals surface area contributed by atoms with Crippen molar-refractivity contribution in [3.63, 3.8) is 0 Å². The highest BCUT2D eigenvalue weighted by atomic mass is 16.5. The summed E-state index contributed by atoms with van der Waals surface area (Å²) in [5.41, 5.74) is 6.82. The molecule has 0 bridgehead atoms. The molecular weight excluding hydrogens is 238 g/mol. The van der Waals surface area contributed by atoms with E-state index in [9.17, 15) is 0 Å². The van der Waals surface area contributed by atoms with Crippen molar-refractivity contribution in [3.8, 4) is 11.5 Å². The molecule has 2 N–H and O–H groups in total. The molecular formula is C16H25NO2. The fourth-order valence-electron chi connectivity index (χ4n) is 2.78. The second kappa shape index (κ2) is 6.80. The third kappa shape index (κ3) is 3.63. The van der Waals surface area contributed by atoms with Crippen LogP contribution in [0, 0.1) is 5.92 Å². The Bertz CT molecular complexity index is 398. The number of methoxy groups -OCH3 is 1. The van der Waals surface area contributed by atoms with Crippen molar-refractivity contribution in [3.05, 3.63) is 23.8 Å². The Labute approximate surface area is 116 Å². The maximum atomic E-state index is 6.15. The van der Waals surface area contributed by atoms with E-state index in [1.165, 1.54) is 19.3 Å². The van der Waals surface area contributed by atoms with Crippen molar-refractivity contribution in [2.75, 3.05) is 7.11 Å². The van der Waals surface area contributed by atoms with Gasteiger partial charge in [-0.05, 0) is 37.7 Å². The largest absolute Gasteiger partial charge is 0.497 e. The molecule has 1 aromatic carbocycles. The van der Waals surface area contributed by atoms with E-state index in [1.807, 2.05) is 18.2 Å². The van der Waals surface area contributed by atoms with Crippen molar-refractivity contribution in [2.45, 2.75) is 51.7 Å². The van der Waals surface area contributed by atoms with Crippen LogP contribution < -0.4 is 15.2 Å². The maximum absolute atomic E-state index is 6.15. The molecule has 3 nitrogen and oxygen atoms in total. The summed E-state index contributed by atoms with van der Waals surface area (Å²) in [6.07, 6.45) is 6.49. The second-order valence-electron chi connectivity index (χ2n) is 5.35. The lowest BCUT2D eigenvalue weighted by Gasteiger charge is -2.29. The average molecular weight is 263 g/mol. The van der Waals surface area contributed by atoms with Crippen LogP contribution in [0.25, 0.3) is 0 Å². The Morgan fingerprint density at radius 2 is 1.95 bits per heavy atom. The van der Waals surface area contributed by atoms with Crippen molar-refractivity contribution in [2.24, 2.45) is 11.7 Å². The van der Waals surface area contributed by atoms with Gasteiger partial charge in [0.15, 0.2) is 0 Å². The Balaban J connectivity index is 2.02. The minimum atomic E-state index is 0.334. The van der Waals surface area contributed by atoms with Gasteiger partial charge in [0.2, 0.25) is 0 Å². The van der Waals surface area contributed by atoms with Crippen LogP contribution in [-0.2, 0) is 6.54 Å². The maximum Gasteiger partial charge on any atom is 0.127 e. The number of nitrogens with two attached hydrogens (primary N) is 1. The standard InChI is InChI=1S/C16H25NO2/c1-3-12-4-7-14(8-5-12)19-16-10-15(18-2)9-6-13(16)11-17/h6,9-10,12,14H,3-5,7-8,11,17H2,1-2H3. The highest BCUT2D eigenvalue weighted by Crippen LogP contribution is 2.32. The lowest BCUT2D eigenvalue weighted by atomic mass is 9.86. The van der Waals surface area contributed by atoms with Gasteiger partial charge in [-0.1, -0.05) is 19.4 Å². The van der Waals surface area contributed by atoms with Gasteiger partial charge in [0.25, 0.3) is 0 Å². The highest BCUT2D eigenvalue weighted by Gasteiger charge is 2.22. The molecule has 0 amide bonds. The fraction of sp³-hybridized carbons (Fsp3) is 0.625. The van der Waals surface area contributed by atoms with E-state index in [4.69, 9.17) is 15.2 Å². The minimum absolute atomic E-state index is 0.334. The van der Waals surface area contributed by atoms with E-state index < -0.39 is 0 Å². The van der Waals surface area contributed by atoms with E-state index in [2.05, 4.69) is 6.92 Å². The zero-order valence-electron chi connectivity index (χ0n) is 12.0. The summed E-state index contributed by atoms with van der Waals surface area (Å²) in [7, 11) is 1.67. The summed E-state index contributed by atoms with van der Waals surface area (Å²) in [5.74, 6) is 2.61. The highest BCUT2D eigenvalue weighted by molar-refractivity contribution is 5.40. The van der Waals surface area contributed by atoms with Crippen LogP contribution in [0.15, 0.2) is 18.2 Å². The van der Waals surface area contributed by atoms with Crippen LogP contribution in [-0.4, -0.2) is 13.2 Å². The minimum Gasteiger partial charge on any atom is -0.497 e. The first kappa shape index (κ1) is 14.2. The lowest BCUT2D eigenvalue weighted by molar-refractivity contribution is 0.128. The first-order valence-electron chi connectivity index (χ1n) is 7.30. The molecule has 0 radical (unpaired) electrons. The number of rotatable bonds is 5. The van der Waals surface area contributed by atoms with Crippen LogP contribution in [0.4, 0.5) is 0 Å². The molecule has 0 unspecified atom stereocenters. The topological polar surface area (TPSA) is 44.5 Å². The van der Waals surface area contributed by atoms with E-state index >= 15 is 0 Å². The van der Waals surface area contributed by atoms with Crippen LogP contribution >= 0.6 is 0 Å². The monoisotopic (exact) mass is 263 g/mol. The molecule has 106 valence electrons. The van der Waals surface area contributed by atoms with Crippen molar-refractivity contribution in [1.29, 1.82) is 0 Å². The summed E-state index contributed by atoms with van der Waals surface area (Å²) in [6, 6.07) is 5.88. The van der Waals surface area contributed by atoms with E-state index in [0.29, 0.717) is 12.6 Å². The Hall–Kier alpha value is -1.22. The van der Waals surface area contributed by atoms with Gasteiger partial charge in [0.05, 0.1) is 13.2 Å². The van der Waals surface area contributed by atoms with Gasteiger partial charge in [-0.25, -0.2) is 0 Å². The molecule has 3 heteroatoms. The van der Waals surface area contributed by atoms with Crippen molar-refractivity contribution >= 4 is 0 Å². The molecule has 0 heterocycles. The van der Waals surface area contributed by atoms with Gasteiger partial charge in [0.1, 0.15) is 11.5 Å². The second-order valence-corrected chi connectivity index (χ2v) is 5.35. The zero-order chi connectivity index (χ0) is 13.7. The first-order chi connectivity index (χ1) is 9.26. The molecule has 0 spiro atoms. The Morgan fingerprint density at radius 3 is 2.53 bits per heavy atom. The quantitative estimate of drug-likeness (QED) is 0.884. The summed E-state index contributed by atoms with van der Waals surface area (Å²) in [5, 5.41) is 0. The summed E-state index contributed by atoms with van der Waals surface area (Å²) >= 11 is 0. The van der Waals surface area contributed by atoms with E-state index in [0.717, 1.165) is 35.8 Å². The van der Waals surface area contributed by atoms with Gasteiger partial charge in [0, 0.05) is 18.2 Å². The summed E-state index contributed by atoms with van der Waals surface area (Å²) in [4.78, 5) is 0. The van der Waals surface area contributed by atoms with Crippen LogP contribution in [0.3, 0.4) is 0 Å². The number of hydrogen-bond donors (Lipinski definition) is 1. The smallest absolute Gasteiger partial charge is 0.127 e. The van der Waals surface area contributed by atoms with Crippen molar-refractivity contribution < 1.29 is 9.47 Å². The molecule has 1 aliphatic rings. The molecule has 1 saturated carbocycles. The van der Waals surface area contributed by atoms with Gasteiger partial charge in [-0.2, -0.15) is 0 Å². The van der Waals surface area contributed by atoms with Gasteiger partial charge in [-0.3, -0.25) is 0 Å². The predicted molar refractivity (Wildman–Crippen MR) is 77.6 cm³/mol. The van der Waals surface area contributed by atoms with Crippen LogP contribution in [0.5, 0.6) is 11.5 Å². The van der Waals surface area contributed by atoms with E-state index in [-0.39, 0.29) is 0 Å².